The van der Waals surface area contributed by atoms with Gasteiger partial charge in [0.05, 0.1) is 11.9 Å². The van der Waals surface area contributed by atoms with Gasteiger partial charge in [0.25, 0.3) is 0 Å². The Hall–Kier alpha value is -2.34. The number of aryl methyl sites for hydroxylation is 1. The maximum Gasteiger partial charge on any atom is 0.240 e. The first-order valence-corrected chi connectivity index (χ1v) is 9.98. The standard InChI is InChI=1S/C19H24N2O3S/c1-15-8-7-11-18(16(15)2)21(25(3,23)24)14-19(22)20-13-12-17-9-5-4-6-10-17/h4-11H,12-14H2,1-3H3,(H,20,22). The zero-order valence-corrected chi connectivity index (χ0v) is 15.6. The van der Waals surface area contributed by atoms with Gasteiger partial charge in [-0.15, -0.1) is 0 Å². The van der Waals surface area contributed by atoms with Crippen molar-refractivity contribution in [1.29, 1.82) is 0 Å². The predicted molar refractivity (Wildman–Crippen MR) is 101 cm³/mol. The summed E-state index contributed by atoms with van der Waals surface area (Å²) in [6, 6.07) is 15.3. The highest BCUT2D eigenvalue weighted by molar-refractivity contribution is 7.92. The lowest BCUT2D eigenvalue weighted by molar-refractivity contribution is -0.119. The van der Waals surface area contributed by atoms with Crippen LogP contribution in [0.2, 0.25) is 0 Å². The first kappa shape index (κ1) is 19.0. The Labute approximate surface area is 149 Å². The monoisotopic (exact) mass is 360 g/mol. The zero-order chi connectivity index (χ0) is 18.4. The lowest BCUT2D eigenvalue weighted by Crippen LogP contribution is -2.41. The summed E-state index contributed by atoms with van der Waals surface area (Å²) in [7, 11) is -3.56. The van der Waals surface area contributed by atoms with E-state index in [1.54, 1.807) is 12.1 Å². The summed E-state index contributed by atoms with van der Waals surface area (Å²) in [5, 5.41) is 2.79. The number of anilines is 1. The highest BCUT2D eigenvalue weighted by Gasteiger charge is 2.22. The average molecular weight is 360 g/mol. The van der Waals surface area contributed by atoms with E-state index in [0.717, 1.165) is 27.3 Å². The van der Waals surface area contributed by atoms with Crippen molar-refractivity contribution in [3.63, 3.8) is 0 Å². The van der Waals surface area contributed by atoms with Crippen molar-refractivity contribution >= 4 is 21.6 Å². The molecule has 0 unspecified atom stereocenters. The van der Waals surface area contributed by atoms with Gasteiger partial charge in [-0.1, -0.05) is 42.5 Å². The lowest BCUT2D eigenvalue weighted by Gasteiger charge is -2.24. The molecular weight excluding hydrogens is 336 g/mol. The molecule has 0 saturated heterocycles. The van der Waals surface area contributed by atoms with Crippen LogP contribution in [0.3, 0.4) is 0 Å². The molecule has 1 amide bonds. The molecule has 0 fully saturated rings. The quantitative estimate of drug-likeness (QED) is 0.825. The second-order valence-electron chi connectivity index (χ2n) is 6.07. The summed E-state index contributed by atoms with van der Waals surface area (Å²) in [6.45, 7) is 4.01. The van der Waals surface area contributed by atoms with Gasteiger partial charge in [0.15, 0.2) is 0 Å². The fourth-order valence-electron chi connectivity index (χ4n) is 2.56. The fourth-order valence-corrected chi connectivity index (χ4v) is 3.47. The number of hydrogen-bond acceptors (Lipinski definition) is 3. The molecule has 0 aliphatic rings. The molecule has 0 spiro atoms. The maximum absolute atomic E-state index is 12.2. The van der Waals surface area contributed by atoms with Gasteiger partial charge in [-0.2, -0.15) is 0 Å². The minimum absolute atomic E-state index is 0.224. The number of nitrogens with zero attached hydrogens (tertiary/aromatic N) is 1. The van der Waals surface area contributed by atoms with E-state index < -0.39 is 10.0 Å². The Bertz CT molecular complexity index is 833. The Balaban J connectivity index is 2.05. The molecule has 0 saturated carbocycles. The van der Waals surface area contributed by atoms with Crippen molar-refractivity contribution in [1.82, 2.24) is 5.32 Å². The summed E-state index contributed by atoms with van der Waals surface area (Å²) in [4.78, 5) is 12.2. The van der Waals surface area contributed by atoms with Crippen molar-refractivity contribution in [3.05, 3.63) is 65.2 Å². The third-order valence-corrected chi connectivity index (χ3v) is 5.24. The van der Waals surface area contributed by atoms with E-state index in [1.807, 2.05) is 50.2 Å². The van der Waals surface area contributed by atoms with Crippen molar-refractivity contribution in [2.24, 2.45) is 0 Å². The molecule has 0 aliphatic heterocycles. The Morgan fingerprint density at radius 2 is 1.72 bits per heavy atom. The van der Waals surface area contributed by atoms with Crippen LogP contribution in [0.15, 0.2) is 48.5 Å². The molecule has 2 aromatic rings. The third-order valence-electron chi connectivity index (χ3n) is 4.11. The van der Waals surface area contributed by atoms with Gasteiger partial charge in [0.1, 0.15) is 6.54 Å². The molecule has 0 heterocycles. The van der Waals surface area contributed by atoms with Crippen LogP contribution in [0.1, 0.15) is 16.7 Å². The molecule has 25 heavy (non-hydrogen) atoms. The number of benzene rings is 2. The van der Waals surface area contributed by atoms with Crippen molar-refractivity contribution in [3.8, 4) is 0 Å². The van der Waals surface area contributed by atoms with Gasteiger partial charge in [-0.25, -0.2) is 8.42 Å². The second-order valence-corrected chi connectivity index (χ2v) is 7.98. The molecule has 0 aromatic heterocycles. The summed E-state index contributed by atoms with van der Waals surface area (Å²) >= 11 is 0. The Morgan fingerprint density at radius 1 is 1.04 bits per heavy atom. The highest BCUT2D eigenvalue weighted by atomic mass is 32.2. The van der Waals surface area contributed by atoms with Gasteiger partial charge >= 0.3 is 0 Å². The first-order valence-electron chi connectivity index (χ1n) is 8.13. The van der Waals surface area contributed by atoms with Gasteiger partial charge < -0.3 is 5.32 Å². The van der Waals surface area contributed by atoms with Crippen LogP contribution in [0, 0.1) is 13.8 Å². The van der Waals surface area contributed by atoms with E-state index in [4.69, 9.17) is 0 Å². The molecule has 0 atom stereocenters. The van der Waals surface area contributed by atoms with Crippen molar-refractivity contribution in [2.75, 3.05) is 23.7 Å². The SMILES string of the molecule is Cc1cccc(N(CC(=O)NCCc2ccccc2)S(C)(=O)=O)c1C. The van der Waals surface area contributed by atoms with Crippen molar-refractivity contribution in [2.45, 2.75) is 20.3 Å². The molecule has 5 nitrogen and oxygen atoms in total. The molecular formula is C19H24N2O3S. The van der Waals surface area contributed by atoms with Crippen LogP contribution in [0.25, 0.3) is 0 Å². The van der Waals surface area contributed by atoms with E-state index >= 15 is 0 Å². The first-order chi connectivity index (χ1) is 11.8. The van der Waals surface area contributed by atoms with E-state index in [1.165, 1.54) is 0 Å². The average Bonchev–Trinajstić information content (AvgIpc) is 2.55. The van der Waals surface area contributed by atoms with Crippen LogP contribution >= 0.6 is 0 Å². The van der Waals surface area contributed by atoms with Gasteiger partial charge in [-0.05, 0) is 43.0 Å². The molecule has 2 rings (SSSR count). The third kappa shape index (κ3) is 5.32. The van der Waals surface area contributed by atoms with Crippen LogP contribution in [-0.2, 0) is 21.2 Å². The Kier molecular flexibility index (Phi) is 6.20. The minimum Gasteiger partial charge on any atom is -0.354 e. The fraction of sp³-hybridized carbons (Fsp3) is 0.316. The van der Waals surface area contributed by atoms with E-state index in [9.17, 15) is 13.2 Å². The normalized spacial score (nSPS) is 11.2. The van der Waals surface area contributed by atoms with Gasteiger partial charge in [0.2, 0.25) is 15.9 Å². The molecule has 134 valence electrons. The predicted octanol–water partition coefficient (Wildman–Crippen LogP) is 2.43. The topological polar surface area (TPSA) is 66.5 Å². The van der Waals surface area contributed by atoms with E-state index in [0.29, 0.717) is 18.7 Å². The van der Waals surface area contributed by atoms with Gasteiger partial charge in [-0.3, -0.25) is 9.10 Å². The van der Waals surface area contributed by atoms with Crippen LogP contribution in [-0.4, -0.2) is 33.7 Å². The maximum atomic E-state index is 12.2. The van der Waals surface area contributed by atoms with Crippen molar-refractivity contribution < 1.29 is 13.2 Å². The minimum atomic E-state index is -3.56. The number of hydrogen-bond donors (Lipinski definition) is 1. The second kappa shape index (κ2) is 8.16. The summed E-state index contributed by atoms with van der Waals surface area (Å²) < 4.78 is 25.5. The molecule has 0 bridgehead atoms. The van der Waals surface area contributed by atoms with E-state index in [2.05, 4.69) is 5.32 Å². The number of sulfonamides is 1. The number of carbonyl (C=O) groups is 1. The molecule has 1 N–H and O–H groups in total. The number of amides is 1. The number of nitrogens with one attached hydrogen (secondary N) is 1. The van der Waals surface area contributed by atoms with Crippen LogP contribution in [0.5, 0.6) is 0 Å². The van der Waals surface area contributed by atoms with Gasteiger partial charge in [0, 0.05) is 6.54 Å². The van der Waals surface area contributed by atoms with Crippen LogP contribution in [0.4, 0.5) is 5.69 Å². The molecule has 0 aliphatic carbocycles. The van der Waals surface area contributed by atoms with E-state index in [-0.39, 0.29) is 12.5 Å². The molecule has 2 aromatic carbocycles. The highest BCUT2D eigenvalue weighted by Crippen LogP contribution is 2.24. The molecule has 6 heteroatoms. The van der Waals surface area contributed by atoms with Crippen LogP contribution < -0.4 is 9.62 Å². The largest absolute Gasteiger partial charge is 0.354 e. The zero-order valence-electron chi connectivity index (χ0n) is 14.8. The summed E-state index contributed by atoms with van der Waals surface area (Å²) in [5.74, 6) is -0.317. The number of rotatable bonds is 7. The lowest BCUT2D eigenvalue weighted by atomic mass is 10.1. The molecule has 0 radical (unpaired) electrons. The Morgan fingerprint density at radius 3 is 2.36 bits per heavy atom. The number of carbonyl (C=O) groups excluding carboxylic acids is 1. The summed E-state index contributed by atoms with van der Waals surface area (Å²) in [6.07, 6.45) is 1.82. The summed E-state index contributed by atoms with van der Waals surface area (Å²) in [5.41, 5.74) is 3.50. The smallest absolute Gasteiger partial charge is 0.240 e.